The molecule has 0 aliphatic carbocycles. The third kappa shape index (κ3) is 4.17. The van der Waals surface area contributed by atoms with Crippen molar-refractivity contribution in [1.82, 2.24) is 20.6 Å². The standard InChI is InChI=1S/C13H21N5O/c1-2-4-14-7-11-8-16-13(17-9-11)18-6-3-5-15-12(19)10-18/h8-9,14H,2-7,10H2,1H3,(H,15,19). The molecule has 0 spiro atoms. The molecule has 0 unspecified atom stereocenters. The maximum absolute atomic E-state index is 11.5. The van der Waals surface area contributed by atoms with E-state index in [-0.39, 0.29) is 5.91 Å². The number of carbonyl (C=O) groups excluding carboxylic acids is 1. The predicted molar refractivity (Wildman–Crippen MR) is 73.9 cm³/mol. The lowest BCUT2D eigenvalue weighted by Gasteiger charge is -2.18. The maximum Gasteiger partial charge on any atom is 0.239 e. The molecule has 19 heavy (non-hydrogen) atoms. The van der Waals surface area contributed by atoms with Crippen molar-refractivity contribution in [2.24, 2.45) is 0 Å². The first-order valence-electron chi connectivity index (χ1n) is 6.83. The lowest BCUT2D eigenvalue weighted by atomic mass is 10.3. The Morgan fingerprint density at radius 2 is 2.21 bits per heavy atom. The minimum Gasteiger partial charge on any atom is -0.354 e. The van der Waals surface area contributed by atoms with Gasteiger partial charge in [0, 0.05) is 37.6 Å². The van der Waals surface area contributed by atoms with Crippen molar-refractivity contribution < 1.29 is 4.79 Å². The van der Waals surface area contributed by atoms with Crippen LogP contribution in [-0.4, -0.2) is 42.1 Å². The van der Waals surface area contributed by atoms with Gasteiger partial charge in [0.2, 0.25) is 11.9 Å². The number of nitrogens with zero attached hydrogens (tertiary/aromatic N) is 3. The Kier molecular flexibility index (Phi) is 5.09. The molecule has 2 heterocycles. The number of hydrogen-bond acceptors (Lipinski definition) is 5. The largest absolute Gasteiger partial charge is 0.354 e. The first kappa shape index (κ1) is 13.7. The first-order chi connectivity index (χ1) is 9.29. The molecule has 0 saturated carbocycles. The Balaban J connectivity index is 1.94. The summed E-state index contributed by atoms with van der Waals surface area (Å²) in [5.74, 6) is 0.672. The molecule has 0 aromatic carbocycles. The fourth-order valence-corrected chi connectivity index (χ4v) is 1.99. The number of amides is 1. The highest BCUT2D eigenvalue weighted by Gasteiger charge is 2.16. The molecular formula is C13H21N5O. The van der Waals surface area contributed by atoms with Crippen LogP contribution >= 0.6 is 0 Å². The van der Waals surface area contributed by atoms with Crippen molar-refractivity contribution in [3.63, 3.8) is 0 Å². The van der Waals surface area contributed by atoms with Crippen LogP contribution in [0.3, 0.4) is 0 Å². The first-order valence-corrected chi connectivity index (χ1v) is 6.83. The van der Waals surface area contributed by atoms with E-state index >= 15 is 0 Å². The van der Waals surface area contributed by atoms with E-state index in [1.54, 1.807) is 0 Å². The molecule has 1 amide bonds. The van der Waals surface area contributed by atoms with Crippen molar-refractivity contribution >= 4 is 11.9 Å². The van der Waals surface area contributed by atoms with E-state index in [9.17, 15) is 4.79 Å². The second kappa shape index (κ2) is 7.04. The third-order valence-electron chi connectivity index (χ3n) is 2.99. The highest BCUT2D eigenvalue weighted by molar-refractivity contribution is 5.81. The number of hydrogen-bond donors (Lipinski definition) is 2. The topological polar surface area (TPSA) is 70.2 Å². The van der Waals surface area contributed by atoms with E-state index < -0.39 is 0 Å². The van der Waals surface area contributed by atoms with E-state index in [4.69, 9.17) is 0 Å². The Morgan fingerprint density at radius 3 is 2.95 bits per heavy atom. The summed E-state index contributed by atoms with van der Waals surface area (Å²) in [6, 6.07) is 0. The number of rotatable bonds is 5. The zero-order valence-electron chi connectivity index (χ0n) is 11.4. The fraction of sp³-hybridized carbons (Fsp3) is 0.615. The Hall–Kier alpha value is -1.69. The highest BCUT2D eigenvalue weighted by atomic mass is 16.2. The minimum atomic E-state index is 0.0368. The van der Waals surface area contributed by atoms with E-state index in [0.717, 1.165) is 44.6 Å². The normalized spacial score (nSPS) is 16.1. The van der Waals surface area contributed by atoms with Crippen LogP contribution in [0.4, 0.5) is 5.95 Å². The van der Waals surface area contributed by atoms with Gasteiger partial charge in [-0.25, -0.2) is 9.97 Å². The van der Waals surface area contributed by atoms with Gasteiger partial charge in [-0.3, -0.25) is 4.79 Å². The number of nitrogens with one attached hydrogen (secondary N) is 2. The summed E-state index contributed by atoms with van der Waals surface area (Å²) in [6.45, 7) is 5.80. The summed E-state index contributed by atoms with van der Waals surface area (Å²) in [6.07, 6.45) is 5.69. The SMILES string of the molecule is CCCNCc1cnc(N2CCCNC(=O)C2)nc1. The van der Waals surface area contributed by atoms with Crippen LogP contribution in [0.1, 0.15) is 25.3 Å². The van der Waals surface area contributed by atoms with Crippen LogP contribution < -0.4 is 15.5 Å². The molecule has 0 atom stereocenters. The van der Waals surface area contributed by atoms with E-state index in [2.05, 4.69) is 27.5 Å². The lowest BCUT2D eigenvalue weighted by Crippen LogP contribution is -2.34. The van der Waals surface area contributed by atoms with Crippen LogP contribution in [0, 0.1) is 0 Å². The van der Waals surface area contributed by atoms with Gasteiger partial charge in [-0.2, -0.15) is 0 Å². The second-order valence-corrected chi connectivity index (χ2v) is 4.69. The van der Waals surface area contributed by atoms with Gasteiger partial charge in [0.25, 0.3) is 0 Å². The Labute approximate surface area is 113 Å². The van der Waals surface area contributed by atoms with Gasteiger partial charge < -0.3 is 15.5 Å². The molecule has 0 radical (unpaired) electrons. The smallest absolute Gasteiger partial charge is 0.239 e. The highest BCUT2D eigenvalue weighted by Crippen LogP contribution is 2.09. The van der Waals surface area contributed by atoms with Gasteiger partial charge in [0.1, 0.15) is 0 Å². The molecule has 104 valence electrons. The molecule has 6 heteroatoms. The summed E-state index contributed by atoms with van der Waals surface area (Å²) in [5, 5.41) is 6.15. The van der Waals surface area contributed by atoms with Gasteiger partial charge in [-0.1, -0.05) is 6.92 Å². The summed E-state index contributed by atoms with van der Waals surface area (Å²) in [5.41, 5.74) is 1.07. The summed E-state index contributed by atoms with van der Waals surface area (Å²) in [7, 11) is 0. The Morgan fingerprint density at radius 1 is 1.42 bits per heavy atom. The molecule has 1 aromatic heterocycles. The zero-order valence-corrected chi connectivity index (χ0v) is 11.4. The van der Waals surface area contributed by atoms with E-state index in [1.165, 1.54) is 0 Å². The van der Waals surface area contributed by atoms with Crippen LogP contribution in [-0.2, 0) is 11.3 Å². The molecule has 2 rings (SSSR count). The molecule has 0 bridgehead atoms. The number of carbonyl (C=O) groups is 1. The summed E-state index contributed by atoms with van der Waals surface area (Å²) >= 11 is 0. The molecule has 2 N–H and O–H groups in total. The van der Waals surface area contributed by atoms with Crippen LogP contribution in [0.25, 0.3) is 0 Å². The van der Waals surface area contributed by atoms with Gasteiger partial charge in [-0.15, -0.1) is 0 Å². The van der Waals surface area contributed by atoms with E-state index in [1.807, 2.05) is 17.3 Å². The summed E-state index contributed by atoms with van der Waals surface area (Å²) in [4.78, 5) is 22.1. The zero-order chi connectivity index (χ0) is 13.5. The molecule has 1 aliphatic rings. The average molecular weight is 263 g/mol. The van der Waals surface area contributed by atoms with Gasteiger partial charge in [0.05, 0.1) is 6.54 Å². The van der Waals surface area contributed by atoms with E-state index in [0.29, 0.717) is 12.5 Å². The van der Waals surface area contributed by atoms with Gasteiger partial charge >= 0.3 is 0 Å². The molecule has 1 fully saturated rings. The summed E-state index contributed by atoms with van der Waals surface area (Å²) < 4.78 is 0. The molecular weight excluding hydrogens is 242 g/mol. The van der Waals surface area contributed by atoms with Crippen molar-refractivity contribution in [3.8, 4) is 0 Å². The van der Waals surface area contributed by atoms with Crippen LogP contribution in [0.2, 0.25) is 0 Å². The van der Waals surface area contributed by atoms with Crippen molar-refractivity contribution in [2.75, 3.05) is 31.1 Å². The monoisotopic (exact) mass is 263 g/mol. The predicted octanol–water partition coefficient (Wildman–Crippen LogP) is 0.303. The number of anilines is 1. The third-order valence-corrected chi connectivity index (χ3v) is 2.99. The number of aromatic nitrogens is 2. The van der Waals surface area contributed by atoms with Gasteiger partial charge in [-0.05, 0) is 19.4 Å². The average Bonchev–Trinajstić information content (AvgIpc) is 2.65. The van der Waals surface area contributed by atoms with Crippen molar-refractivity contribution in [2.45, 2.75) is 26.3 Å². The fourth-order valence-electron chi connectivity index (χ4n) is 1.99. The minimum absolute atomic E-state index is 0.0368. The quantitative estimate of drug-likeness (QED) is 0.748. The lowest BCUT2D eigenvalue weighted by molar-refractivity contribution is -0.119. The second-order valence-electron chi connectivity index (χ2n) is 4.69. The van der Waals surface area contributed by atoms with Crippen molar-refractivity contribution in [3.05, 3.63) is 18.0 Å². The van der Waals surface area contributed by atoms with Crippen LogP contribution in [0.5, 0.6) is 0 Å². The Bertz CT molecular complexity index is 406. The maximum atomic E-state index is 11.5. The molecule has 6 nitrogen and oxygen atoms in total. The van der Waals surface area contributed by atoms with Crippen LogP contribution in [0.15, 0.2) is 12.4 Å². The van der Waals surface area contributed by atoms with Crippen molar-refractivity contribution in [1.29, 1.82) is 0 Å². The molecule has 1 aliphatic heterocycles. The molecule has 1 saturated heterocycles. The van der Waals surface area contributed by atoms with Gasteiger partial charge in [0.15, 0.2) is 0 Å². The molecule has 1 aromatic rings.